The second kappa shape index (κ2) is 5.45. The van der Waals surface area contributed by atoms with Crippen LogP contribution in [0.15, 0.2) is 18.2 Å². The molecule has 0 aliphatic rings. The number of carbonyl (C=O) groups is 2. The molecular weight excluding hydrogens is 220 g/mol. The number of aryl methyl sites for hydroxylation is 1. The average molecular weight is 236 g/mol. The van der Waals surface area contributed by atoms with Crippen LogP contribution in [0.4, 0.5) is 5.69 Å². The van der Waals surface area contributed by atoms with Crippen molar-refractivity contribution >= 4 is 17.6 Å². The summed E-state index contributed by atoms with van der Waals surface area (Å²) in [4.78, 5) is 22.3. The van der Waals surface area contributed by atoms with E-state index >= 15 is 0 Å². The smallest absolute Gasteiger partial charge is 0.335 e. The van der Waals surface area contributed by atoms with Gasteiger partial charge < -0.3 is 16.2 Å². The molecule has 0 aromatic heterocycles. The van der Waals surface area contributed by atoms with Gasteiger partial charge in [0.05, 0.1) is 11.6 Å². The molecule has 0 saturated carbocycles. The minimum absolute atomic E-state index is 0.195. The number of rotatable bonds is 4. The van der Waals surface area contributed by atoms with E-state index in [2.05, 4.69) is 5.32 Å². The molecule has 1 atom stereocenters. The summed E-state index contributed by atoms with van der Waals surface area (Å²) in [5.74, 6) is -1.25. The Morgan fingerprint density at radius 1 is 1.47 bits per heavy atom. The third kappa shape index (κ3) is 3.29. The number of benzene rings is 1. The molecule has 0 aliphatic carbocycles. The van der Waals surface area contributed by atoms with Gasteiger partial charge in [0.1, 0.15) is 0 Å². The van der Waals surface area contributed by atoms with Gasteiger partial charge in [0, 0.05) is 5.69 Å². The molecule has 0 saturated heterocycles. The Morgan fingerprint density at radius 3 is 2.59 bits per heavy atom. The topological polar surface area (TPSA) is 92.4 Å². The fraction of sp³-hybridized carbons (Fsp3) is 0.333. The number of carboxylic acid groups (broad SMARTS) is 1. The molecule has 1 rings (SSSR count). The third-order valence-electron chi connectivity index (χ3n) is 2.51. The number of nitrogens with one attached hydrogen (secondary N) is 1. The summed E-state index contributed by atoms with van der Waals surface area (Å²) >= 11 is 0. The van der Waals surface area contributed by atoms with Crippen LogP contribution in [0.1, 0.15) is 29.3 Å². The predicted molar refractivity (Wildman–Crippen MR) is 65.0 cm³/mol. The molecular formula is C12H16N2O3. The van der Waals surface area contributed by atoms with E-state index in [9.17, 15) is 9.59 Å². The first-order valence-electron chi connectivity index (χ1n) is 5.36. The predicted octanol–water partition coefficient (Wildman–Crippen LogP) is 1.37. The molecule has 1 aromatic rings. The number of carboxylic acids is 1. The van der Waals surface area contributed by atoms with Gasteiger partial charge in [0.2, 0.25) is 5.91 Å². The van der Waals surface area contributed by atoms with Gasteiger partial charge in [-0.2, -0.15) is 0 Å². The largest absolute Gasteiger partial charge is 0.478 e. The van der Waals surface area contributed by atoms with Gasteiger partial charge in [-0.05, 0) is 37.1 Å². The summed E-state index contributed by atoms with van der Waals surface area (Å²) in [7, 11) is 0. The fourth-order valence-electron chi connectivity index (χ4n) is 1.35. The number of hydrogen-bond acceptors (Lipinski definition) is 3. The normalized spacial score (nSPS) is 11.9. The van der Waals surface area contributed by atoms with Crippen LogP contribution >= 0.6 is 0 Å². The zero-order valence-corrected chi connectivity index (χ0v) is 9.86. The van der Waals surface area contributed by atoms with Crippen molar-refractivity contribution in [1.82, 2.24) is 0 Å². The second-order valence-corrected chi connectivity index (χ2v) is 3.84. The van der Waals surface area contributed by atoms with Crippen LogP contribution in [0.25, 0.3) is 0 Å². The van der Waals surface area contributed by atoms with Crippen LogP contribution < -0.4 is 11.1 Å². The SMILES string of the molecule is CC[C@H](N)C(=O)Nc1ccc(C(=O)O)cc1C. The first-order chi connectivity index (χ1) is 7.95. The van der Waals surface area contributed by atoms with Crippen molar-refractivity contribution in [2.24, 2.45) is 5.73 Å². The van der Waals surface area contributed by atoms with Gasteiger partial charge >= 0.3 is 5.97 Å². The molecule has 0 spiro atoms. The number of anilines is 1. The summed E-state index contributed by atoms with van der Waals surface area (Å²) in [6, 6.07) is 3.98. The Bertz CT molecular complexity index is 443. The van der Waals surface area contributed by atoms with Crippen LogP contribution in [-0.4, -0.2) is 23.0 Å². The number of amides is 1. The lowest BCUT2D eigenvalue weighted by Crippen LogP contribution is -2.35. The van der Waals surface area contributed by atoms with Crippen molar-refractivity contribution in [3.8, 4) is 0 Å². The Kier molecular flexibility index (Phi) is 4.23. The molecule has 0 heterocycles. The van der Waals surface area contributed by atoms with Gasteiger partial charge in [0.15, 0.2) is 0 Å². The van der Waals surface area contributed by atoms with Crippen molar-refractivity contribution in [2.45, 2.75) is 26.3 Å². The lowest BCUT2D eigenvalue weighted by atomic mass is 10.1. The monoisotopic (exact) mass is 236 g/mol. The lowest BCUT2D eigenvalue weighted by molar-refractivity contribution is -0.117. The molecule has 1 aromatic carbocycles. The minimum Gasteiger partial charge on any atom is -0.478 e. The molecule has 0 aliphatic heterocycles. The van der Waals surface area contributed by atoms with Crippen molar-refractivity contribution in [1.29, 1.82) is 0 Å². The summed E-state index contributed by atoms with van der Waals surface area (Å²) in [5.41, 5.74) is 7.06. The number of nitrogens with two attached hydrogens (primary N) is 1. The molecule has 0 bridgehead atoms. The van der Waals surface area contributed by atoms with Crippen LogP contribution in [0.2, 0.25) is 0 Å². The molecule has 1 amide bonds. The highest BCUT2D eigenvalue weighted by Crippen LogP contribution is 2.16. The summed E-state index contributed by atoms with van der Waals surface area (Å²) in [6.07, 6.45) is 0.554. The second-order valence-electron chi connectivity index (χ2n) is 3.84. The molecule has 0 radical (unpaired) electrons. The van der Waals surface area contributed by atoms with E-state index < -0.39 is 12.0 Å². The van der Waals surface area contributed by atoms with E-state index in [1.54, 1.807) is 13.0 Å². The maximum absolute atomic E-state index is 11.6. The number of hydrogen-bond donors (Lipinski definition) is 3. The summed E-state index contributed by atoms with van der Waals surface area (Å²) in [6.45, 7) is 3.56. The Balaban J connectivity index is 2.86. The van der Waals surface area contributed by atoms with E-state index in [4.69, 9.17) is 10.8 Å². The standard InChI is InChI=1S/C12H16N2O3/c1-3-9(13)11(15)14-10-5-4-8(12(16)17)6-7(10)2/h4-6,9H,3,13H2,1-2H3,(H,14,15)(H,16,17)/t9-/m0/s1. The van der Waals surface area contributed by atoms with Crippen molar-refractivity contribution in [3.05, 3.63) is 29.3 Å². The average Bonchev–Trinajstić information content (AvgIpc) is 2.30. The molecule has 5 heteroatoms. The van der Waals surface area contributed by atoms with Gasteiger partial charge in [-0.25, -0.2) is 4.79 Å². The van der Waals surface area contributed by atoms with Crippen molar-refractivity contribution < 1.29 is 14.7 Å². The molecule has 92 valence electrons. The van der Waals surface area contributed by atoms with Crippen molar-refractivity contribution in [2.75, 3.05) is 5.32 Å². The molecule has 4 N–H and O–H groups in total. The Hall–Kier alpha value is -1.88. The van der Waals surface area contributed by atoms with Gasteiger partial charge in [-0.3, -0.25) is 4.79 Å². The lowest BCUT2D eigenvalue weighted by Gasteiger charge is -2.12. The van der Waals surface area contributed by atoms with Crippen LogP contribution in [0.5, 0.6) is 0 Å². The van der Waals surface area contributed by atoms with E-state index in [1.807, 2.05) is 6.92 Å². The van der Waals surface area contributed by atoms with Gasteiger partial charge in [-0.1, -0.05) is 6.92 Å². The highest BCUT2D eigenvalue weighted by molar-refractivity contribution is 5.96. The van der Waals surface area contributed by atoms with Gasteiger partial charge in [0.25, 0.3) is 0 Å². The van der Waals surface area contributed by atoms with E-state index in [-0.39, 0.29) is 11.5 Å². The Morgan fingerprint density at radius 2 is 2.12 bits per heavy atom. The number of aromatic carboxylic acids is 1. The van der Waals surface area contributed by atoms with E-state index in [0.29, 0.717) is 17.7 Å². The van der Waals surface area contributed by atoms with E-state index in [0.717, 1.165) is 0 Å². The molecule has 0 fully saturated rings. The van der Waals surface area contributed by atoms with Crippen LogP contribution in [0, 0.1) is 6.92 Å². The first kappa shape index (κ1) is 13.2. The highest BCUT2D eigenvalue weighted by Gasteiger charge is 2.13. The van der Waals surface area contributed by atoms with Crippen LogP contribution in [-0.2, 0) is 4.79 Å². The number of carbonyl (C=O) groups excluding carboxylic acids is 1. The summed E-state index contributed by atoms with van der Waals surface area (Å²) < 4.78 is 0. The maximum Gasteiger partial charge on any atom is 0.335 e. The van der Waals surface area contributed by atoms with Crippen molar-refractivity contribution in [3.63, 3.8) is 0 Å². The zero-order valence-electron chi connectivity index (χ0n) is 9.86. The quantitative estimate of drug-likeness (QED) is 0.736. The fourth-order valence-corrected chi connectivity index (χ4v) is 1.35. The first-order valence-corrected chi connectivity index (χ1v) is 5.36. The Labute approximate surface area is 99.6 Å². The van der Waals surface area contributed by atoms with E-state index in [1.165, 1.54) is 12.1 Å². The minimum atomic E-state index is -0.990. The summed E-state index contributed by atoms with van der Waals surface area (Å²) in [5, 5.41) is 11.5. The molecule has 0 unspecified atom stereocenters. The van der Waals surface area contributed by atoms with Gasteiger partial charge in [-0.15, -0.1) is 0 Å². The molecule has 5 nitrogen and oxygen atoms in total. The maximum atomic E-state index is 11.6. The zero-order chi connectivity index (χ0) is 13.0. The molecule has 17 heavy (non-hydrogen) atoms. The van der Waals surface area contributed by atoms with Crippen LogP contribution in [0.3, 0.4) is 0 Å². The highest BCUT2D eigenvalue weighted by atomic mass is 16.4. The third-order valence-corrected chi connectivity index (χ3v) is 2.51.